The number of benzene rings is 1. The first-order chi connectivity index (χ1) is 6.18. The van der Waals surface area contributed by atoms with Gasteiger partial charge in [0.2, 0.25) is 0 Å². The molecule has 0 saturated carbocycles. The van der Waals surface area contributed by atoms with Gasteiger partial charge in [0.25, 0.3) is 0 Å². The molecule has 0 bridgehead atoms. The van der Waals surface area contributed by atoms with Crippen LogP contribution in [0.3, 0.4) is 0 Å². The summed E-state index contributed by atoms with van der Waals surface area (Å²) in [5, 5.41) is 2.29. The molecule has 0 aliphatic rings. The van der Waals surface area contributed by atoms with Gasteiger partial charge in [-0.3, -0.25) is 5.84 Å². The molecule has 0 atom stereocenters. The number of rotatable bonds is 4. The molecule has 0 spiro atoms. The highest BCUT2D eigenvalue weighted by Crippen LogP contribution is 2.15. The van der Waals surface area contributed by atoms with E-state index in [1.54, 1.807) is 24.2 Å². The molecule has 0 aliphatic heterocycles. The average molecular weight is 201 g/mol. The molecule has 0 aliphatic carbocycles. The quantitative estimate of drug-likeness (QED) is 0.592. The maximum absolute atomic E-state index is 5.71. The van der Waals surface area contributed by atoms with E-state index in [-0.39, 0.29) is 0 Å². The third-order valence-corrected chi connectivity index (χ3v) is 1.78. The summed E-state index contributed by atoms with van der Waals surface area (Å²) >= 11 is 5.71. The average Bonchev–Trinajstić information content (AvgIpc) is 2.08. The van der Waals surface area contributed by atoms with Gasteiger partial charge >= 0.3 is 0 Å². The highest BCUT2D eigenvalue weighted by atomic mass is 35.5. The van der Waals surface area contributed by atoms with Gasteiger partial charge in [-0.2, -0.15) is 0 Å². The Morgan fingerprint density at radius 3 is 2.54 bits per heavy atom. The van der Waals surface area contributed by atoms with Crippen molar-refractivity contribution in [2.24, 2.45) is 5.84 Å². The minimum atomic E-state index is 0.578. The lowest BCUT2D eigenvalue weighted by atomic mass is 10.3. The lowest BCUT2D eigenvalue weighted by molar-refractivity contribution is 0.241. The van der Waals surface area contributed by atoms with Crippen molar-refractivity contribution < 1.29 is 4.74 Å². The van der Waals surface area contributed by atoms with E-state index in [1.807, 2.05) is 12.1 Å². The van der Waals surface area contributed by atoms with Crippen LogP contribution >= 0.6 is 11.6 Å². The molecule has 0 radical (unpaired) electrons. The predicted octanol–water partition coefficient (Wildman–Crippen LogP) is 1.52. The van der Waals surface area contributed by atoms with Gasteiger partial charge in [-0.05, 0) is 24.3 Å². The zero-order valence-corrected chi connectivity index (χ0v) is 8.29. The molecule has 4 heteroatoms. The lowest BCUT2D eigenvalue weighted by Crippen LogP contribution is -2.30. The zero-order valence-electron chi connectivity index (χ0n) is 7.53. The van der Waals surface area contributed by atoms with Gasteiger partial charge in [-0.1, -0.05) is 11.6 Å². The van der Waals surface area contributed by atoms with Crippen LogP contribution < -0.4 is 10.6 Å². The molecule has 13 heavy (non-hydrogen) atoms. The van der Waals surface area contributed by atoms with Crippen molar-refractivity contribution in [3.8, 4) is 5.75 Å². The summed E-state index contributed by atoms with van der Waals surface area (Å²) in [7, 11) is 1.80. The topological polar surface area (TPSA) is 38.5 Å². The molecule has 1 rings (SSSR count). The fourth-order valence-electron chi connectivity index (χ4n) is 0.838. The Morgan fingerprint density at radius 1 is 1.38 bits per heavy atom. The Kier molecular flexibility index (Phi) is 4.02. The van der Waals surface area contributed by atoms with Gasteiger partial charge in [0.15, 0.2) is 0 Å². The minimum absolute atomic E-state index is 0.578. The molecule has 0 heterocycles. The van der Waals surface area contributed by atoms with Crippen molar-refractivity contribution in [2.75, 3.05) is 20.2 Å². The third kappa shape index (κ3) is 4.12. The van der Waals surface area contributed by atoms with Crippen LogP contribution in [0.2, 0.25) is 5.02 Å². The Bertz CT molecular complexity index is 248. The maximum Gasteiger partial charge on any atom is 0.119 e. The summed E-state index contributed by atoms with van der Waals surface area (Å²) in [6.07, 6.45) is 0. The summed E-state index contributed by atoms with van der Waals surface area (Å²) < 4.78 is 5.39. The fourth-order valence-corrected chi connectivity index (χ4v) is 0.964. The van der Waals surface area contributed by atoms with Crippen LogP contribution in [0.25, 0.3) is 0 Å². The summed E-state index contributed by atoms with van der Waals surface area (Å²) in [5.41, 5.74) is 0. The second-order valence-corrected chi connectivity index (χ2v) is 3.22. The predicted molar refractivity (Wildman–Crippen MR) is 53.8 cm³/mol. The Labute approximate surface area is 83.0 Å². The molecule has 3 nitrogen and oxygen atoms in total. The highest BCUT2D eigenvalue weighted by molar-refractivity contribution is 6.30. The van der Waals surface area contributed by atoms with Crippen LogP contribution in [-0.4, -0.2) is 25.2 Å². The Balaban J connectivity index is 2.33. The molecule has 1 aromatic rings. The standard InChI is InChI=1S/C9H13ClN2O/c1-12(11)6-7-13-9-4-2-8(10)3-5-9/h2-5H,6-7,11H2,1H3. The van der Waals surface area contributed by atoms with Crippen molar-refractivity contribution in [2.45, 2.75) is 0 Å². The van der Waals surface area contributed by atoms with E-state index in [9.17, 15) is 0 Å². The van der Waals surface area contributed by atoms with Crippen LogP contribution in [-0.2, 0) is 0 Å². The Hall–Kier alpha value is -0.770. The van der Waals surface area contributed by atoms with Gasteiger partial charge in [-0.25, -0.2) is 5.01 Å². The normalized spacial score (nSPS) is 10.5. The van der Waals surface area contributed by atoms with E-state index in [1.165, 1.54) is 0 Å². The number of nitrogens with two attached hydrogens (primary N) is 1. The third-order valence-electron chi connectivity index (χ3n) is 1.53. The zero-order chi connectivity index (χ0) is 9.68. The van der Waals surface area contributed by atoms with Crippen LogP contribution in [0.1, 0.15) is 0 Å². The first kappa shape index (κ1) is 10.3. The Morgan fingerprint density at radius 2 is 2.00 bits per heavy atom. The second-order valence-electron chi connectivity index (χ2n) is 2.78. The summed E-state index contributed by atoms with van der Waals surface area (Å²) in [6.45, 7) is 1.28. The molecule has 0 saturated heterocycles. The number of hydrazine groups is 1. The van der Waals surface area contributed by atoms with Gasteiger partial charge in [0, 0.05) is 18.6 Å². The molecule has 2 N–H and O–H groups in total. The number of halogens is 1. The molecule has 1 aromatic carbocycles. The monoisotopic (exact) mass is 200 g/mol. The van der Waals surface area contributed by atoms with Gasteiger partial charge in [0.1, 0.15) is 12.4 Å². The smallest absolute Gasteiger partial charge is 0.119 e. The fraction of sp³-hybridized carbons (Fsp3) is 0.333. The molecular weight excluding hydrogens is 188 g/mol. The van der Waals surface area contributed by atoms with Crippen molar-refractivity contribution in [1.29, 1.82) is 0 Å². The molecule has 0 amide bonds. The molecule has 0 unspecified atom stereocenters. The molecular formula is C9H13ClN2O. The largest absolute Gasteiger partial charge is 0.492 e. The van der Waals surface area contributed by atoms with Crippen LogP contribution in [0, 0.1) is 0 Å². The van der Waals surface area contributed by atoms with E-state index >= 15 is 0 Å². The van der Waals surface area contributed by atoms with E-state index in [2.05, 4.69) is 0 Å². The van der Waals surface area contributed by atoms with Crippen molar-refractivity contribution in [1.82, 2.24) is 5.01 Å². The number of likely N-dealkylation sites (N-methyl/N-ethyl adjacent to an activating group) is 1. The van der Waals surface area contributed by atoms with E-state index < -0.39 is 0 Å². The van der Waals surface area contributed by atoms with Crippen molar-refractivity contribution in [3.05, 3.63) is 29.3 Å². The molecule has 0 fully saturated rings. The lowest BCUT2D eigenvalue weighted by Gasteiger charge is -2.10. The van der Waals surface area contributed by atoms with E-state index in [4.69, 9.17) is 22.2 Å². The first-order valence-electron chi connectivity index (χ1n) is 4.02. The van der Waals surface area contributed by atoms with Crippen LogP contribution in [0.15, 0.2) is 24.3 Å². The van der Waals surface area contributed by atoms with Gasteiger partial charge < -0.3 is 4.74 Å². The van der Waals surface area contributed by atoms with Crippen LogP contribution in [0.4, 0.5) is 0 Å². The summed E-state index contributed by atoms with van der Waals surface area (Å²) in [4.78, 5) is 0. The maximum atomic E-state index is 5.71. The van der Waals surface area contributed by atoms with E-state index in [0.29, 0.717) is 18.2 Å². The van der Waals surface area contributed by atoms with E-state index in [0.717, 1.165) is 5.75 Å². The highest BCUT2D eigenvalue weighted by Gasteiger charge is 1.94. The molecule has 72 valence electrons. The van der Waals surface area contributed by atoms with Crippen molar-refractivity contribution in [3.63, 3.8) is 0 Å². The minimum Gasteiger partial charge on any atom is -0.492 e. The number of hydrogen-bond acceptors (Lipinski definition) is 3. The molecule has 0 aromatic heterocycles. The second kappa shape index (κ2) is 5.07. The summed E-state index contributed by atoms with van der Waals surface area (Å²) in [6, 6.07) is 7.25. The van der Waals surface area contributed by atoms with Gasteiger partial charge in [0.05, 0.1) is 0 Å². The number of nitrogens with zero attached hydrogens (tertiary/aromatic N) is 1. The van der Waals surface area contributed by atoms with Crippen LogP contribution in [0.5, 0.6) is 5.75 Å². The number of hydrogen-bond donors (Lipinski definition) is 1. The SMILES string of the molecule is CN(N)CCOc1ccc(Cl)cc1. The van der Waals surface area contributed by atoms with Gasteiger partial charge in [-0.15, -0.1) is 0 Å². The first-order valence-corrected chi connectivity index (χ1v) is 4.40. The van der Waals surface area contributed by atoms with Crippen molar-refractivity contribution >= 4 is 11.6 Å². The number of ether oxygens (including phenoxy) is 1. The summed E-state index contributed by atoms with van der Waals surface area (Å²) in [5.74, 6) is 6.22.